The molecule has 0 bridgehead atoms. The zero-order valence-corrected chi connectivity index (χ0v) is 8.89. The molecule has 0 radical (unpaired) electrons. The lowest BCUT2D eigenvalue weighted by Gasteiger charge is -2.08. The van der Waals surface area contributed by atoms with Crippen molar-refractivity contribution >= 4 is 6.92 Å². The van der Waals surface area contributed by atoms with Gasteiger partial charge in [-0.2, -0.15) is 0 Å². The van der Waals surface area contributed by atoms with Gasteiger partial charge in [0.1, 0.15) is 0 Å². The molecule has 1 nitrogen and oxygen atoms in total. The van der Waals surface area contributed by atoms with E-state index in [-0.39, 0.29) is 0 Å². The third-order valence-electron chi connectivity index (χ3n) is 2.02. The Hall–Kier alpha value is -0.395. The molecule has 0 fully saturated rings. The fourth-order valence-corrected chi connectivity index (χ4v) is 1.15. The molecule has 0 heterocycles. The van der Waals surface area contributed by atoms with E-state index >= 15 is 0 Å². The second kappa shape index (κ2) is 7.26. The van der Waals surface area contributed by atoms with Crippen LogP contribution in [0.15, 0.2) is 11.8 Å². The van der Waals surface area contributed by atoms with Gasteiger partial charge in [0.25, 0.3) is 0 Å². The molecule has 0 rings (SSSR count). The summed E-state index contributed by atoms with van der Waals surface area (Å²) in [5.41, 5.74) is 1.35. The zero-order valence-electron chi connectivity index (χ0n) is 8.89. The van der Waals surface area contributed by atoms with E-state index in [1.165, 1.54) is 12.0 Å². The highest BCUT2D eigenvalue weighted by Gasteiger charge is 2.08. The molecule has 0 saturated heterocycles. The van der Waals surface area contributed by atoms with Gasteiger partial charge in [0.2, 0.25) is 0 Å². The molecule has 0 aliphatic rings. The van der Waals surface area contributed by atoms with E-state index in [2.05, 4.69) is 27.7 Å². The average molecular weight is 168 g/mol. The molecule has 0 aromatic carbocycles. The van der Waals surface area contributed by atoms with Crippen LogP contribution in [-0.4, -0.2) is 6.92 Å². The van der Waals surface area contributed by atoms with Crippen molar-refractivity contribution in [1.29, 1.82) is 0 Å². The van der Waals surface area contributed by atoms with E-state index < -0.39 is 0 Å². The summed E-state index contributed by atoms with van der Waals surface area (Å²) < 4.78 is 5.59. The molecular formula is C10H21BO. The van der Waals surface area contributed by atoms with Crippen LogP contribution in [0.5, 0.6) is 0 Å². The van der Waals surface area contributed by atoms with E-state index in [0.717, 1.165) is 19.1 Å². The van der Waals surface area contributed by atoms with Gasteiger partial charge in [-0.25, -0.2) is 0 Å². The average Bonchev–Trinajstić information content (AvgIpc) is 2.07. The predicted octanol–water partition coefficient (Wildman–Crippen LogP) is 3.74. The van der Waals surface area contributed by atoms with Gasteiger partial charge in [-0.3, -0.25) is 0 Å². The van der Waals surface area contributed by atoms with Crippen molar-refractivity contribution in [1.82, 2.24) is 0 Å². The molecule has 0 spiro atoms. The molecule has 0 aliphatic carbocycles. The summed E-state index contributed by atoms with van der Waals surface area (Å²) in [4.78, 5) is 0. The number of hydrogen-bond donors (Lipinski definition) is 0. The number of rotatable bonds is 6. The highest BCUT2D eigenvalue weighted by molar-refractivity contribution is 6.51. The highest BCUT2D eigenvalue weighted by atomic mass is 16.4. The van der Waals surface area contributed by atoms with Gasteiger partial charge in [0.15, 0.2) is 0 Å². The van der Waals surface area contributed by atoms with Crippen LogP contribution in [0.1, 0.15) is 40.5 Å². The van der Waals surface area contributed by atoms with Crippen molar-refractivity contribution in [2.24, 2.45) is 0 Å². The smallest absolute Gasteiger partial charge is 0.356 e. The minimum atomic E-state index is 0.414. The quantitative estimate of drug-likeness (QED) is 0.433. The summed E-state index contributed by atoms with van der Waals surface area (Å²) in [5.74, 6) is 0. The first-order valence-electron chi connectivity index (χ1n) is 5.05. The fraction of sp³-hybridized carbons (Fsp3) is 0.800. The minimum Gasteiger partial charge on any atom is -0.566 e. The van der Waals surface area contributed by atoms with Crippen molar-refractivity contribution in [3.8, 4) is 0 Å². The first-order chi connectivity index (χ1) is 5.74. The predicted molar refractivity (Wildman–Crippen MR) is 56.5 cm³/mol. The normalized spacial score (nSPS) is 11.5. The van der Waals surface area contributed by atoms with Gasteiger partial charge >= 0.3 is 6.92 Å². The lowest BCUT2D eigenvalue weighted by molar-refractivity contribution is 0.480. The van der Waals surface area contributed by atoms with E-state index in [1.54, 1.807) is 0 Å². The third kappa shape index (κ3) is 5.28. The molecule has 0 atom stereocenters. The Bertz CT molecular complexity index is 128. The lowest BCUT2D eigenvalue weighted by atomic mass is 9.63. The van der Waals surface area contributed by atoms with Gasteiger partial charge in [-0.1, -0.05) is 27.2 Å². The third-order valence-corrected chi connectivity index (χ3v) is 2.02. The molecule has 2 heteroatoms. The van der Waals surface area contributed by atoms with Crippen LogP contribution >= 0.6 is 0 Å². The first-order valence-corrected chi connectivity index (χ1v) is 5.05. The molecule has 0 saturated carbocycles. The molecule has 0 aromatic rings. The van der Waals surface area contributed by atoms with E-state index in [9.17, 15) is 0 Å². The van der Waals surface area contributed by atoms with Crippen molar-refractivity contribution in [3.63, 3.8) is 0 Å². The largest absolute Gasteiger partial charge is 0.566 e. The molecular weight excluding hydrogens is 147 g/mol. The Morgan fingerprint density at radius 2 is 1.83 bits per heavy atom. The monoisotopic (exact) mass is 168 g/mol. The number of hydrogen-bond acceptors (Lipinski definition) is 1. The topological polar surface area (TPSA) is 9.23 Å². The maximum atomic E-state index is 5.59. The van der Waals surface area contributed by atoms with Gasteiger partial charge in [-0.15, -0.1) is 0 Å². The molecule has 0 aliphatic heterocycles. The lowest BCUT2D eigenvalue weighted by Crippen LogP contribution is -2.11. The Morgan fingerprint density at radius 1 is 1.25 bits per heavy atom. The Labute approximate surface area is 77.3 Å². The molecule has 0 aromatic heterocycles. The van der Waals surface area contributed by atoms with E-state index in [4.69, 9.17) is 4.65 Å². The van der Waals surface area contributed by atoms with Crippen LogP contribution in [0.2, 0.25) is 12.6 Å². The zero-order chi connectivity index (χ0) is 9.40. The summed E-state index contributed by atoms with van der Waals surface area (Å²) in [6.07, 6.45) is 6.49. The summed E-state index contributed by atoms with van der Waals surface area (Å²) in [7, 11) is 0. The van der Waals surface area contributed by atoms with Crippen molar-refractivity contribution in [2.75, 3.05) is 0 Å². The van der Waals surface area contributed by atoms with Crippen molar-refractivity contribution < 1.29 is 4.65 Å². The fourth-order valence-electron chi connectivity index (χ4n) is 1.15. The van der Waals surface area contributed by atoms with Gasteiger partial charge in [0, 0.05) is 0 Å². The van der Waals surface area contributed by atoms with Gasteiger partial charge in [0.05, 0.1) is 6.26 Å². The van der Waals surface area contributed by atoms with Crippen LogP contribution in [0.3, 0.4) is 0 Å². The minimum absolute atomic E-state index is 0.414. The van der Waals surface area contributed by atoms with Gasteiger partial charge in [-0.05, 0) is 31.6 Å². The van der Waals surface area contributed by atoms with Crippen molar-refractivity contribution in [2.45, 2.75) is 53.2 Å². The molecule has 0 N–H and O–H groups in total. The first kappa shape index (κ1) is 11.6. The van der Waals surface area contributed by atoms with Crippen LogP contribution in [0, 0.1) is 0 Å². The molecule has 0 unspecified atom stereocenters. The SMILES string of the molecule is CCC/C(C)=C\OB(CC)CC. The summed E-state index contributed by atoms with van der Waals surface area (Å²) in [5, 5.41) is 0. The Balaban J connectivity index is 3.68. The Kier molecular flexibility index (Phi) is 7.03. The second-order valence-electron chi connectivity index (χ2n) is 3.29. The summed E-state index contributed by atoms with van der Waals surface area (Å²) in [6.45, 7) is 9.06. The maximum Gasteiger partial charge on any atom is 0.356 e. The molecule has 12 heavy (non-hydrogen) atoms. The maximum absolute atomic E-state index is 5.59. The molecule has 0 amide bonds. The highest BCUT2D eigenvalue weighted by Crippen LogP contribution is 2.06. The van der Waals surface area contributed by atoms with Crippen LogP contribution in [-0.2, 0) is 4.65 Å². The number of allylic oxidation sites excluding steroid dienone is 1. The Morgan fingerprint density at radius 3 is 2.25 bits per heavy atom. The van der Waals surface area contributed by atoms with Crippen molar-refractivity contribution in [3.05, 3.63) is 11.8 Å². The summed E-state index contributed by atoms with van der Waals surface area (Å²) >= 11 is 0. The van der Waals surface area contributed by atoms with E-state index in [0.29, 0.717) is 6.92 Å². The summed E-state index contributed by atoms with van der Waals surface area (Å²) in [6, 6.07) is 0. The second-order valence-corrected chi connectivity index (χ2v) is 3.29. The van der Waals surface area contributed by atoms with Crippen LogP contribution < -0.4 is 0 Å². The van der Waals surface area contributed by atoms with Gasteiger partial charge < -0.3 is 4.65 Å². The molecule has 70 valence electrons. The van der Waals surface area contributed by atoms with E-state index in [1.807, 2.05) is 6.26 Å². The van der Waals surface area contributed by atoms with Crippen LogP contribution in [0.25, 0.3) is 0 Å². The standard InChI is InChI=1S/C10H21BO/c1-5-8-10(4)9-12-11(6-2)7-3/h9H,5-8H2,1-4H3/b10-9-. The van der Waals surface area contributed by atoms with Crippen LogP contribution in [0.4, 0.5) is 0 Å².